The molecule has 1 saturated heterocycles. The fourth-order valence-electron chi connectivity index (χ4n) is 3.15. The molecule has 0 N–H and O–H groups in total. The summed E-state index contributed by atoms with van der Waals surface area (Å²) in [6.45, 7) is 6.88. The summed E-state index contributed by atoms with van der Waals surface area (Å²) in [6.07, 6.45) is 0. The molecule has 0 atom stereocenters. The lowest BCUT2D eigenvalue weighted by molar-refractivity contribution is 0.0693. The predicted molar refractivity (Wildman–Crippen MR) is 104 cm³/mol. The summed E-state index contributed by atoms with van der Waals surface area (Å²) in [5.74, 6) is 1.08. The monoisotopic (exact) mass is 407 g/mol. The largest absolute Gasteiger partial charge is 0.488 e. The number of ether oxygens (including phenoxy) is 1. The van der Waals surface area contributed by atoms with Crippen LogP contribution in [0.3, 0.4) is 0 Å². The number of sulfonamides is 1. The van der Waals surface area contributed by atoms with Gasteiger partial charge in [-0.05, 0) is 32.9 Å². The first-order valence-corrected chi connectivity index (χ1v) is 10.8. The highest BCUT2D eigenvalue weighted by molar-refractivity contribution is 7.89. The van der Waals surface area contributed by atoms with Gasteiger partial charge >= 0.3 is 0 Å². The zero-order valence-corrected chi connectivity index (χ0v) is 17.2. The van der Waals surface area contributed by atoms with E-state index in [-0.39, 0.29) is 18.3 Å². The number of nitrogens with zero attached hydrogens (tertiary/aromatic N) is 3. The van der Waals surface area contributed by atoms with Gasteiger partial charge in [0.05, 0.1) is 22.6 Å². The van der Waals surface area contributed by atoms with E-state index in [9.17, 15) is 13.2 Å². The maximum Gasteiger partial charge on any atom is 0.257 e. The van der Waals surface area contributed by atoms with E-state index in [1.165, 1.54) is 4.31 Å². The Morgan fingerprint density at radius 1 is 1.18 bits per heavy atom. The summed E-state index contributed by atoms with van der Waals surface area (Å²) in [6, 6.07) is 7.07. The van der Waals surface area contributed by atoms with Crippen molar-refractivity contribution in [1.82, 2.24) is 14.4 Å². The first-order valence-electron chi connectivity index (χ1n) is 9.24. The van der Waals surface area contributed by atoms with Crippen molar-refractivity contribution in [2.75, 3.05) is 31.9 Å². The molecule has 0 radical (unpaired) electrons. The van der Waals surface area contributed by atoms with E-state index in [4.69, 9.17) is 9.26 Å². The number of benzene rings is 1. The highest BCUT2D eigenvalue weighted by Crippen LogP contribution is 2.23. The standard InChI is InChI=1S/C19H25N3O5S/c1-4-28(24,25)22-11-9-21(10-12-22)19(23)16-7-5-6-8-18(16)26-13-17-14(2)20-27-15(17)3/h5-8H,4,9-13H2,1-3H3. The number of hydrogen-bond acceptors (Lipinski definition) is 6. The Morgan fingerprint density at radius 2 is 1.86 bits per heavy atom. The van der Waals surface area contributed by atoms with Gasteiger partial charge in [0.1, 0.15) is 18.1 Å². The van der Waals surface area contributed by atoms with Crippen molar-refractivity contribution in [3.8, 4) is 5.75 Å². The maximum absolute atomic E-state index is 13.0. The van der Waals surface area contributed by atoms with Gasteiger partial charge in [-0.2, -0.15) is 4.31 Å². The SMILES string of the molecule is CCS(=O)(=O)N1CCN(C(=O)c2ccccc2OCc2c(C)noc2C)CC1. The van der Waals surface area contributed by atoms with Crippen LogP contribution in [-0.4, -0.2) is 60.6 Å². The quantitative estimate of drug-likeness (QED) is 0.727. The first kappa shape index (κ1) is 20.3. The lowest BCUT2D eigenvalue weighted by Gasteiger charge is -2.34. The Kier molecular flexibility index (Phi) is 6.04. The number of rotatable bonds is 6. The van der Waals surface area contributed by atoms with Gasteiger partial charge in [-0.15, -0.1) is 0 Å². The third-order valence-corrected chi connectivity index (χ3v) is 6.84. The van der Waals surface area contributed by atoms with E-state index in [1.807, 2.05) is 19.9 Å². The van der Waals surface area contributed by atoms with Gasteiger partial charge in [-0.3, -0.25) is 4.79 Å². The zero-order valence-electron chi connectivity index (χ0n) is 16.3. The summed E-state index contributed by atoms with van der Waals surface area (Å²) >= 11 is 0. The Bertz CT molecular complexity index is 927. The molecule has 2 aromatic rings. The molecule has 28 heavy (non-hydrogen) atoms. The number of carbonyl (C=O) groups is 1. The second-order valence-corrected chi connectivity index (χ2v) is 8.94. The minimum atomic E-state index is -3.23. The van der Waals surface area contributed by atoms with Crippen LogP contribution in [0.15, 0.2) is 28.8 Å². The number of para-hydroxylation sites is 1. The van der Waals surface area contributed by atoms with E-state index in [0.29, 0.717) is 43.3 Å². The maximum atomic E-state index is 13.0. The van der Waals surface area contributed by atoms with E-state index in [1.54, 1.807) is 30.0 Å². The molecule has 0 aliphatic carbocycles. The Hall–Kier alpha value is -2.39. The van der Waals surface area contributed by atoms with Gasteiger partial charge in [0, 0.05) is 26.2 Å². The molecule has 1 aliphatic heterocycles. The van der Waals surface area contributed by atoms with Crippen molar-refractivity contribution >= 4 is 15.9 Å². The zero-order chi connectivity index (χ0) is 20.3. The molecule has 152 valence electrons. The fraction of sp³-hybridized carbons (Fsp3) is 0.474. The molecule has 1 amide bonds. The molecule has 8 nitrogen and oxygen atoms in total. The average Bonchev–Trinajstić information content (AvgIpc) is 3.03. The highest BCUT2D eigenvalue weighted by Gasteiger charge is 2.29. The number of hydrogen-bond donors (Lipinski definition) is 0. The minimum absolute atomic E-state index is 0.0688. The van der Waals surface area contributed by atoms with E-state index >= 15 is 0 Å². The van der Waals surface area contributed by atoms with Crippen LogP contribution in [0, 0.1) is 13.8 Å². The van der Waals surface area contributed by atoms with Crippen molar-refractivity contribution in [3.05, 3.63) is 46.8 Å². The van der Waals surface area contributed by atoms with Crippen molar-refractivity contribution < 1.29 is 22.5 Å². The average molecular weight is 407 g/mol. The summed E-state index contributed by atoms with van der Waals surface area (Å²) < 4.78 is 36.5. The fourth-order valence-corrected chi connectivity index (χ4v) is 4.23. The normalized spacial score (nSPS) is 15.6. The molecule has 1 aromatic carbocycles. The Morgan fingerprint density at radius 3 is 2.46 bits per heavy atom. The van der Waals surface area contributed by atoms with Crippen molar-refractivity contribution in [2.45, 2.75) is 27.4 Å². The van der Waals surface area contributed by atoms with Crippen LogP contribution in [0.4, 0.5) is 0 Å². The third-order valence-electron chi connectivity index (χ3n) is 4.95. The van der Waals surface area contributed by atoms with Gasteiger partial charge in [-0.1, -0.05) is 17.3 Å². The molecular formula is C19H25N3O5S. The molecule has 0 bridgehead atoms. The number of amides is 1. The lowest BCUT2D eigenvalue weighted by Crippen LogP contribution is -2.50. The van der Waals surface area contributed by atoms with Crippen LogP contribution < -0.4 is 4.74 Å². The van der Waals surface area contributed by atoms with Crippen LogP contribution in [0.25, 0.3) is 0 Å². The molecule has 9 heteroatoms. The highest BCUT2D eigenvalue weighted by atomic mass is 32.2. The molecule has 0 spiro atoms. The van der Waals surface area contributed by atoms with Crippen LogP contribution in [0.2, 0.25) is 0 Å². The Balaban J connectivity index is 1.70. The topological polar surface area (TPSA) is 93.0 Å². The summed E-state index contributed by atoms with van der Waals surface area (Å²) in [4.78, 5) is 14.7. The van der Waals surface area contributed by atoms with Crippen LogP contribution in [0.1, 0.15) is 34.3 Å². The Labute approximate surface area is 165 Å². The first-order chi connectivity index (χ1) is 13.3. The summed E-state index contributed by atoms with van der Waals surface area (Å²) in [5.41, 5.74) is 2.08. The molecule has 2 heterocycles. The van der Waals surface area contributed by atoms with Crippen molar-refractivity contribution in [2.24, 2.45) is 0 Å². The molecule has 0 saturated carbocycles. The van der Waals surface area contributed by atoms with Gasteiger partial charge < -0.3 is 14.2 Å². The van der Waals surface area contributed by atoms with Gasteiger partial charge in [-0.25, -0.2) is 8.42 Å². The number of aromatic nitrogens is 1. The molecule has 0 unspecified atom stereocenters. The number of aryl methyl sites for hydroxylation is 2. The summed E-state index contributed by atoms with van der Waals surface area (Å²) in [5, 5.41) is 3.91. The number of carbonyl (C=O) groups excluding carboxylic acids is 1. The van der Waals surface area contributed by atoms with Gasteiger partial charge in [0.15, 0.2) is 0 Å². The molecule has 1 aliphatic rings. The van der Waals surface area contributed by atoms with Crippen LogP contribution in [0.5, 0.6) is 5.75 Å². The smallest absolute Gasteiger partial charge is 0.257 e. The van der Waals surface area contributed by atoms with Crippen LogP contribution >= 0.6 is 0 Å². The molecule has 1 fully saturated rings. The summed E-state index contributed by atoms with van der Waals surface area (Å²) in [7, 11) is -3.23. The number of piperazine rings is 1. The van der Waals surface area contributed by atoms with E-state index in [2.05, 4.69) is 5.16 Å². The lowest BCUT2D eigenvalue weighted by atomic mass is 10.1. The second kappa shape index (κ2) is 8.32. The third kappa shape index (κ3) is 4.20. The van der Waals surface area contributed by atoms with E-state index in [0.717, 1.165) is 11.3 Å². The molecule has 3 rings (SSSR count). The van der Waals surface area contributed by atoms with Crippen LogP contribution in [-0.2, 0) is 16.6 Å². The molecular weight excluding hydrogens is 382 g/mol. The van der Waals surface area contributed by atoms with E-state index < -0.39 is 10.0 Å². The minimum Gasteiger partial charge on any atom is -0.488 e. The van der Waals surface area contributed by atoms with Gasteiger partial charge in [0.25, 0.3) is 5.91 Å². The predicted octanol–water partition coefficient (Wildman–Crippen LogP) is 1.98. The second-order valence-electron chi connectivity index (χ2n) is 6.68. The van der Waals surface area contributed by atoms with Gasteiger partial charge in [0.2, 0.25) is 10.0 Å². The van der Waals surface area contributed by atoms with Crippen molar-refractivity contribution in [3.63, 3.8) is 0 Å². The van der Waals surface area contributed by atoms with Crippen molar-refractivity contribution in [1.29, 1.82) is 0 Å². The molecule has 1 aromatic heterocycles.